The van der Waals surface area contributed by atoms with Crippen LogP contribution in [0.25, 0.3) is 0 Å². The molecule has 1 amide bonds. The Labute approximate surface area is 101 Å². The van der Waals surface area contributed by atoms with E-state index in [2.05, 4.69) is 21.2 Å². The number of carbonyl (C=O) groups is 1. The molecule has 5 heteroatoms. The molecule has 16 heavy (non-hydrogen) atoms. The first-order valence-corrected chi connectivity index (χ1v) is 5.34. The number of hydrogen-bond acceptors (Lipinski definition) is 2. The van der Waals surface area contributed by atoms with Gasteiger partial charge >= 0.3 is 0 Å². The van der Waals surface area contributed by atoms with Crippen molar-refractivity contribution < 1.29 is 9.18 Å². The molecular weight excluding hydrogens is 275 g/mol. The Morgan fingerprint density at radius 1 is 1.56 bits per heavy atom. The zero-order valence-electron chi connectivity index (χ0n) is 8.84. The largest absolute Gasteiger partial charge is 0.334 e. The summed E-state index contributed by atoms with van der Waals surface area (Å²) >= 11 is 3.09. The Bertz CT molecular complexity index is 466. The number of nitrogens with one attached hydrogen (secondary N) is 1. The predicted molar refractivity (Wildman–Crippen MR) is 61.3 cm³/mol. The maximum absolute atomic E-state index is 12.8. The molecular formula is C11H10BrFN2O. The number of nitrogens with zero attached hydrogens (tertiary/aromatic N) is 1. The van der Waals surface area contributed by atoms with Gasteiger partial charge in [-0.15, -0.1) is 0 Å². The van der Waals surface area contributed by atoms with Gasteiger partial charge in [0.15, 0.2) is 0 Å². The van der Waals surface area contributed by atoms with Gasteiger partial charge in [0, 0.05) is 4.47 Å². The lowest BCUT2D eigenvalue weighted by molar-refractivity contribution is 0.0928. The van der Waals surface area contributed by atoms with Gasteiger partial charge in [-0.3, -0.25) is 4.79 Å². The molecule has 84 valence electrons. The second-order valence-electron chi connectivity index (χ2n) is 3.82. The quantitative estimate of drug-likeness (QED) is 0.908. The fraction of sp³-hybridized carbons (Fsp3) is 0.273. The van der Waals surface area contributed by atoms with Crippen LogP contribution in [0.2, 0.25) is 0 Å². The smallest absolute Gasteiger partial charge is 0.253 e. The summed E-state index contributed by atoms with van der Waals surface area (Å²) in [6, 6.07) is 5.71. The molecule has 0 aliphatic heterocycles. The van der Waals surface area contributed by atoms with Gasteiger partial charge in [-0.1, -0.05) is 0 Å². The first-order valence-electron chi connectivity index (χ1n) is 4.54. The highest BCUT2D eigenvalue weighted by molar-refractivity contribution is 9.10. The Morgan fingerprint density at radius 2 is 2.19 bits per heavy atom. The average Bonchev–Trinajstić information content (AvgIpc) is 2.16. The molecule has 1 rings (SSSR count). The summed E-state index contributed by atoms with van der Waals surface area (Å²) in [6.07, 6.45) is 0. The lowest BCUT2D eigenvalue weighted by atomic mass is 10.1. The van der Waals surface area contributed by atoms with E-state index in [1.54, 1.807) is 13.8 Å². The first-order chi connectivity index (χ1) is 7.35. The van der Waals surface area contributed by atoms with Crippen molar-refractivity contribution in [1.82, 2.24) is 5.32 Å². The number of hydrogen-bond donors (Lipinski definition) is 1. The summed E-state index contributed by atoms with van der Waals surface area (Å²) < 4.78 is 13.2. The third-order valence-corrected chi connectivity index (χ3v) is 2.54. The minimum atomic E-state index is -0.953. The Kier molecular flexibility index (Phi) is 3.66. The van der Waals surface area contributed by atoms with Gasteiger partial charge in [0.2, 0.25) is 0 Å². The molecule has 0 aliphatic rings. The van der Waals surface area contributed by atoms with Crippen molar-refractivity contribution in [2.45, 2.75) is 19.4 Å². The van der Waals surface area contributed by atoms with Crippen LogP contribution in [-0.4, -0.2) is 11.4 Å². The van der Waals surface area contributed by atoms with E-state index in [4.69, 9.17) is 5.26 Å². The van der Waals surface area contributed by atoms with E-state index in [1.807, 2.05) is 6.07 Å². The van der Waals surface area contributed by atoms with Crippen LogP contribution in [0.15, 0.2) is 22.7 Å². The van der Waals surface area contributed by atoms with Crippen LogP contribution in [0.5, 0.6) is 0 Å². The number of carbonyl (C=O) groups excluding carboxylic acids is 1. The molecule has 0 unspecified atom stereocenters. The van der Waals surface area contributed by atoms with Gasteiger partial charge in [0.05, 0.1) is 11.6 Å². The van der Waals surface area contributed by atoms with Crippen molar-refractivity contribution in [3.8, 4) is 6.07 Å². The van der Waals surface area contributed by atoms with Crippen LogP contribution in [0.1, 0.15) is 24.2 Å². The van der Waals surface area contributed by atoms with E-state index >= 15 is 0 Å². The van der Waals surface area contributed by atoms with E-state index in [-0.39, 0.29) is 0 Å². The summed E-state index contributed by atoms with van der Waals surface area (Å²) in [5.74, 6) is -0.846. The molecule has 0 bridgehead atoms. The summed E-state index contributed by atoms with van der Waals surface area (Å²) in [7, 11) is 0. The molecule has 0 heterocycles. The maximum atomic E-state index is 12.8. The predicted octanol–water partition coefficient (Wildman–Crippen LogP) is 2.62. The molecule has 0 atom stereocenters. The van der Waals surface area contributed by atoms with E-state index in [9.17, 15) is 9.18 Å². The van der Waals surface area contributed by atoms with Gasteiger partial charge < -0.3 is 5.32 Å². The van der Waals surface area contributed by atoms with Crippen LogP contribution in [0.4, 0.5) is 4.39 Å². The standard InChI is InChI=1S/C11H10BrFN2O/c1-11(2,6-14)15-10(16)8-4-3-7(13)5-9(8)12/h3-5H,1-2H3,(H,15,16). The molecule has 0 radical (unpaired) electrons. The van der Waals surface area contributed by atoms with Gasteiger partial charge in [0.1, 0.15) is 11.4 Å². The van der Waals surface area contributed by atoms with Crippen molar-refractivity contribution in [3.63, 3.8) is 0 Å². The topological polar surface area (TPSA) is 52.9 Å². The Hall–Kier alpha value is -1.41. The van der Waals surface area contributed by atoms with Crippen LogP contribution < -0.4 is 5.32 Å². The number of benzene rings is 1. The van der Waals surface area contributed by atoms with Crippen molar-refractivity contribution in [3.05, 3.63) is 34.1 Å². The highest BCUT2D eigenvalue weighted by Crippen LogP contribution is 2.18. The van der Waals surface area contributed by atoms with Crippen LogP contribution in [0.3, 0.4) is 0 Å². The molecule has 1 aromatic carbocycles. The van der Waals surface area contributed by atoms with Crippen LogP contribution in [-0.2, 0) is 0 Å². The fourth-order valence-corrected chi connectivity index (χ4v) is 1.58. The molecule has 0 saturated carbocycles. The third kappa shape index (κ3) is 3.04. The molecule has 1 aromatic rings. The number of rotatable bonds is 2. The van der Waals surface area contributed by atoms with Gasteiger partial charge in [-0.2, -0.15) is 5.26 Å². The van der Waals surface area contributed by atoms with Gasteiger partial charge in [0.25, 0.3) is 5.91 Å². The molecule has 0 saturated heterocycles. The maximum Gasteiger partial charge on any atom is 0.253 e. The van der Waals surface area contributed by atoms with E-state index in [1.165, 1.54) is 18.2 Å². The van der Waals surface area contributed by atoms with Crippen molar-refractivity contribution in [1.29, 1.82) is 5.26 Å². The molecule has 0 fully saturated rings. The molecule has 1 N–H and O–H groups in total. The molecule has 3 nitrogen and oxygen atoms in total. The van der Waals surface area contributed by atoms with E-state index in [0.717, 1.165) is 0 Å². The van der Waals surface area contributed by atoms with Gasteiger partial charge in [-0.25, -0.2) is 4.39 Å². The normalized spacial score (nSPS) is 10.7. The van der Waals surface area contributed by atoms with Crippen molar-refractivity contribution in [2.75, 3.05) is 0 Å². The average molecular weight is 285 g/mol. The summed E-state index contributed by atoms with van der Waals surface area (Å²) in [5, 5.41) is 11.3. The summed E-state index contributed by atoms with van der Waals surface area (Å²) in [4.78, 5) is 11.7. The lowest BCUT2D eigenvalue weighted by Gasteiger charge is -2.17. The second-order valence-corrected chi connectivity index (χ2v) is 4.67. The van der Waals surface area contributed by atoms with E-state index in [0.29, 0.717) is 10.0 Å². The highest BCUT2D eigenvalue weighted by atomic mass is 79.9. The zero-order valence-corrected chi connectivity index (χ0v) is 10.4. The van der Waals surface area contributed by atoms with Crippen LogP contribution in [0, 0.1) is 17.1 Å². The summed E-state index contributed by atoms with van der Waals surface area (Å²) in [6.45, 7) is 3.17. The molecule has 0 spiro atoms. The number of halogens is 2. The summed E-state index contributed by atoms with van der Waals surface area (Å²) in [5.41, 5.74) is -0.657. The minimum Gasteiger partial charge on any atom is -0.334 e. The highest BCUT2D eigenvalue weighted by Gasteiger charge is 2.21. The number of nitriles is 1. The van der Waals surface area contributed by atoms with Crippen molar-refractivity contribution in [2.24, 2.45) is 0 Å². The first kappa shape index (κ1) is 12.7. The molecule has 0 aromatic heterocycles. The second kappa shape index (κ2) is 4.62. The molecule has 0 aliphatic carbocycles. The van der Waals surface area contributed by atoms with Crippen LogP contribution >= 0.6 is 15.9 Å². The SMILES string of the molecule is CC(C)(C#N)NC(=O)c1ccc(F)cc1Br. The zero-order chi connectivity index (χ0) is 12.3. The third-order valence-electron chi connectivity index (χ3n) is 1.88. The minimum absolute atomic E-state index is 0.296. The van der Waals surface area contributed by atoms with Gasteiger partial charge in [-0.05, 0) is 48.0 Å². The van der Waals surface area contributed by atoms with E-state index < -0.39 is 17.3 Å². The lowest BCUT2D eigenvalue weighted by Crippen LogP contribution is -2.42. The fourth-order valence-electron chi connectivity index (χ4n) is 1.05. The Balaban J connectivity index is 2.95. The number of amides is 1. The van der Waals surface area contributed by atoms with Crippen molar-refractivity contribution >= 4 is 21.8 Å². The Morgan fingerprint density at radius 3 is 2.69 bits per heavy atom. The monoisotopic (exact) mass is 284 g/mol.